The van der Waals surface area contributed by atoms with Gasteiger partial charge in [0.15, 0.2) is 0 Å². The number of rotatable bonds is 3. The van der Waals surface area contributed by atoms with E-state index in [9.17, 15) is 0 Å². The molecule has 7 rings (SSSR count). The molecule has 0 aliphatic heterocycles. The fourth-order valence-electron chi connectivity index (χ4n) is 4.79. The van der Waals surface area contributed by atoms with Crippen LogP contribution in [0.5, 0.6) is 0 Å². The van der Waals surface area contributed by atoms with E-state index in [0.717, 1.165) is 39.0 Å². The first kappa shape index (κ1) is 19.7. The van der Waals surface area contributed by atoms with E-state index in [-0.39, 0.29) is 0 Å². The Balaban J connectivity index is 1.49. The van der Waals surface area contributed by atoms with Gasteiger partial charge >= 0.3 is 0 Å². The molecule has 2 heterocycles. The molecule has 0 unspecified atom stereocenters. The molecule has 0 atom stereocenters. The van der Waals surface area contributed by atoms with Gasteiger partial charge in [-0.3, -0.25) is 0 Å². The van der Waals surface area contributed by atoms with Gasteiger partial charge in [0.05, 0.1) is 5.02 Å². The molecular weight excluding hydrogens is 458 g/mol. The van der Waals surface area contributed by atoms with Gasteiger partial charge in [-0.1, -0.05) is 54.1 Å². The molecule has 0 radical (unpaired) electrons. The molecule has 2 aromatic heterocycles. The molecule has 0 amide bonds. The van der Waals surface area contributed by atoms with E-state index in [4.69, 9.17) is 16.0 Å². The van der Waals surface area contributed by atoms with Gasteiger partial charge < -0.3 is 9.32 Å². The van der Waals surface area contributed by atoms with Gasteiger partial charge in [0.25, 0.3) is 0 Å². The third-order valence-corrected chi connectivity index (χ3v) is 7.79. The minimum absolute atomic E-state index is 0.700. The number of thiophene rings is 1. The van der Waals surface area contributed by atoms with E-state index in [1.807, 2.05) is 41.7 Å². The molecule has 0 N–H and O–H groups in total. The SMILES string of the molecule is Clc1cccc2oc3ccc(N(c4ccccc4)c4ccc5sc6ccccc6c5c4)cc3c12. The van der Waals surface area contributed by atoms with Crippen LogP contribution in [0, 0.1) is 0 Å². The van der Waals surface area contributed by atoms with Crippen LogP contribution in [-0.4, -0.2) is 0 Å². The molecule has 0 saturated heterocycles. The molecule has 0 aliphatic rings. The summed E-state index contributed by atoms with van der Waals surface area (Å²) in [6, 6.07) is 37.9. The topological polar surface area (TPSA) is 16.4 Å². The minimum atomic E-state index is 0.700. The van der Waals surface area contributed by atoms with Crippen LogP contribution < -0.4 is 4.90 Å². The van der Waals surface area contributed by atoms with Crippen molar-refractivity contribution in [3.63, 3.8) is 0 Å². The molecule has 4 heteroatoms. The summed E-state index contributed by atoms with van der Waals surface area (Å²) in [4.78, 5) is 2.29. The standard InChI is InChI=1S/C30H18ClNOS/c31-25-10-6-11-27-30(25)24-18-20(13-15-26(24)33-27)32(19-7-2-1-3-8-19)21-14-16-29-23(17-21)22-9-4-5-12-28(22)34-29/h1-18H. The zero-order valence-electron chi connectivity index (χ0n) is 18.0. The molecule has 34 heavy (non-hydrogen) atoms. The summed E-state index contributed by atoms with van der Waals surface area (Å²) in [5.41, 5.74) is 4.90. The summed E-state index contributed by atoms with van der Waals surface area (Å²) in [5.74, 6) is 0. The largest absolute Gasteiger partial charge is 0.456 e. The lowest BCUT2D eigenvalue weighted by atomic mass is 10.1. The number of hydrogen-bond acceptors (Lipinski definition) is 3. The zero-order chi connectivity index (χ0) is 22.6. The van der Waals surface area contributed by atoms with Crippen LogP contribution in [0.1, 0.15) is 0 Å². The van der Waals surface area contributed by atoms with Gasteiger partial charge in [-0.05, 0) is 66.7 Å². The molecule has 5 aromatic carbocycles. The second kappa shape index (κ2) is 7.63. The minimum Gasteiger partial charge on any atom is -0.456 e. The lowest BCUT2D eigenvalue weighted by Gasteiger charge is -2.25. The highest BCUT2D eigenvalue weighted by atomic mass is 35.5. The summed E-state index contributed by atoms with van der Waals surface area (Å²) >= 11 is 8.41. The molecule has 2 nitrogen and oxygen atoms in total. The highest BCUT2D eigenvalue weighted by molar-refractivity contribution is 7.25. The first-order valence-electron chi connectivity index (χ1n) is 11.1. The molecule has 0 bridgehead atoms. The maximum absolute atomic E-state index is 6.58. The quantitative estimate of drug-likeness (QED) is 0.252. The van der Waals surface area contributed by atoms with Gasteiger partial charge in [-0.15, -0.1) is 11.3 Å². The number of furan rings is 1. The highest BCUT2D eigenvalue weighted by Crippen LogP contribution is 2.42. The van der Waals surface area contributed by atoms with Crippen molar-refractivity contribution in [3.05, 3.63) is 114 Å². The predicted molar refractivity (Wildman–Crippen MR) is 146 cm³/mol. The van der Waals surface area contributed by atoms with Crippen molar-refractivity contribution in [1.82, 2.24) is 0 Å². The van der Waals surface area contributed by atoms with Crippen LogP contribution >= 0.6 is 22.9 Å². The molecule has 7 aromatic rings. The Morgan fingerprint density at radius 2 is 1.29 bits per heavy atom. The van der Waals surface area contributed by atoms with Crippen LogP contribution in [0.15, 0.2) is 114 Å². The number of halogens is 1. The third-order valence-electron chi connectivity index (χ3n) is 6.32. The fraction of sp³-hybridized carbons (Fsp3) is 0. The summed E-state index contributed by atoms with van der Waals surface area (Å²) < 4.78 is 8.67. The van der Waals surface area contributed by atoms with Crippen molar-refractivity contribution >= 4 is 82.1 Å². The van der Waals surface area contributed by atoms with E-state index in [1.54, 1.807) is 0 Å². The van der Waals surface area contributed by atoms with E-state index < -0.39 is 0 Å². The van der Waals surface area contributed by atoms with Crippen molar-refractivity contribution in [2.24, 2.45) is 0 Å². The van der Waals surface area contributed by atoms with E-state index >= 15 is 0 Å². The van der Waals surface area contributed by atoms with E-state index in [1.165, 1.54) is 20.2 Å². The van der Waals surface area contributed by atoms with Crippen LogP contribution in [0.2, 0.25) is 5.02 Å². The van der Waals surface area contributed by atoms with Crippen molar-refractivity contribution in [2.75, 3.05) is 4.90 Å². The summed E-state index contributed by atoms with van der Waals surface area (Å²) in [6.45, 7) is 0. The van der Waals surface area contributed by atoms with E-state index in [2.05, 4.69) is 83.8 Å². The van der Waals surface area contributed by atoms with Crippen LogP contribution in [0.25, 0.3) is 42.1 Å². The lowest BCUT2D eigenvalue weighted by Crippen LogP contribution is -2.09. The summed E-state index contributed by atoms with van der Waals surface area (Å²) in [7, 11) is 0. The average molecular weight is 476 g/mol. The second-order valence-corrected chi connectivity index (χ2v) is 9.84. The van der Waals surface area contributed by atoms with Crippen LogP contribution in [0.3, 0.4) is 0 Å². The number of benzene rings is 5. The molecule has 162 valence electrons. The molecule has 0 fully saturated rings. The smallest absolute Gasteiger partial charge is 0.136 e. The fourth-order valence-corrected chi connectivity index (χ4v) is 6.14. The Bertz CT molecular complexity index is 1830. The van der Waals surface area contributed by atoms with Gasteiger partial charge in [-0.25, -0.2) is 0 Å². The maximum Gasteiger partial charge on any atom is 0.136 e. The molecule has 0 spiro atoms. The summed E-state index contributed by atoms with van der Waals surface area (Å²) in [5, 5.41) is 5.23. The molecular formula is C30H18ClNOS. The van der Waals surface area contributed by atoms with Crippen LogP contribution in [0.4, 0.5) is 17.1 Å². The van der Waals surface area contributed by atoms with Crippen molar-refractivity contribution in [3.8, 4) is 0 Å². The number of para-hydroxylation sites is 1. The lowest BCUT2D eigenvalue weighted by molar-refractivity contribution is 0.669. The number of nitrogens with zero attached hydrogens (tertiary/aromatic N) is 1. The van der Waals surface area contributed by atoms with Crippen molar-refractivity contribution in [2.45, 2.75) is 0 Å². The predicted octanol–water partition coefficient (Wildman–Crippen LogP) is 10.1. The zero-order valence-corrected chi connectivity index (χ0v) is 19.6. The van der Waals surface area contributed by atoms with Crippen molar-refractivity contribution in [1.29, 1.82) is 0 Å². The Kier molecular flexibility index (Phi) is 4.41. The summed E-state index contributed by atoms with van der Waals surface area (Å²) in [6.07, 6.45) is 0. The van der Waals surface area contributed by atoms with E-state index in [0.29, 0.717) is 5.02 Å². The Hall–Kier alpha value is -3.79. The first-order chi connectivity index (χ1) is 16.8. The molecule has 0 saturated carbocycles. The Morgan fingerprint density at radius 3 is 2.18 bits per heavy atom. The Labute approximate surface area is 205 Å². The number of anilines is 3. The average Bonchev–Trinajstić information content (AvgIpc) is 3.43. The van der Waals surface area contributed by atoms with Gasteiger partial charge in [0.2, 0.25) is 0 Å². The normalized spacial score (nSPS) is 11.7. The molecule has 0 aliphatic carbocycles. The van der Waals surface area contributed by atoms with Gasteiger partial charge in [0, 0.05) is 48.0 Å². The van der Waals surface area contributed by atoms with Gasteiger partial charge in [-0.2, -0.15) is 0 Å². The Morgan fingerprint density at radius 1 is 0.559 bits per heavy atom. The number of hydrogen-bond donors (Lipinski definition) is 0. The second-order valence-electron chi connectivity index (χ2n) is 8.35. The van der Waals surface area contributed by atoms with Crippen molar-refractivity contribution < 1.29 is 4.42 Å². The number of fused-ring (bicyclic) bond motifs is 6. The first-order valence-corrected chi connectivity index (χ1v) is 12.3. The van der Waals surface area contributed by atoms with Crippen LogP contribution in [-0.2, 0) is 0 Å². The van der Waals surface area contributed by atoms with Gasteiger partial charge in [0.1, 0.15) is 11.2 Å². The third kappa shape index (κ3) is 3.02. The monoisotopic (exact) mass is 475 g/mol. The highest BCUT2D eigenvalue weighted by Gasteiger charge is 2.17. The maximum atomic E-state index is 6.58.